The molecular weight excluding hydrogens is 651 g/mol. The minimum Gasteiger partial charge on any atom is -0.208 e. The predicted octanol–water partition coefficient (Wildman–Crippen LogP) is 12.2. The fraction of sp³-hybridized carbons (Fsp3) is 0.0208. The molecule has 8 aromatic carbocycles. The Kier molecular flexibility index (Phi) is 5.58. The molecule has 2 aromatic heterocycles. The number of fused-ring (bicyclic) bond motifs is 10. The summed E-state index contributed by atoms with van der Waals surface area (Å²) in [5, 5.41) is 7.80. The molecule has 12 rings (SSSR count). The topological polar surface area (TPSA) is 38.7 Å². The number of nitrogens with zero attached hydrogens (tertiary/aromatic N) is 3. The van der Waals surface area contributed by atoms with Crippen molar-refractivity contribution in [3.8, 4) is 45.3 Å². The molecule has 0 aliphatic heterocycles. The van der Waals surface area contributed by atoms with Gasteiger partial charge in [-0.25, -0.2) is 15.0 Å². The maximum atomic E-state index is 5.22. The lowest BCUT2D eigenvalue weighted by Gasteiger charge is -2.30. The Morgan fingerprint density at radius 2 is 0.942 bits per heavy atom. The third kappa shape index (κ3) is 3.66. The van der Waals surface area contributed by atoms with Crippen molar-refractivity contribution in [1.82, 2.24) is 15.0 Å². The molecule has 2 aliphatic rings. The van der Waals surface area contributed by atoms with Crippen LogP contribution in [0.1, 0.15) is 22.3 Å². The Bertz CT molecular complexity index is 3080. The van der Waals surface area contributed by atoms with E-state index >= 15 is 0 Å². The zero-order valence-corrected chi connectivity index (χ0v) is 28.7. The number of hydrogen-bond donors (Lipinski definition) is 0. The van der Waals surface area contributed by atoms with Crippen molar-refractivity contribution < 1.29 is 0 Å². The van der Waals surface area contributed by atoms with E-state index in [1.807, 2.05) is 29.5 Å². The Morgan fingerprint density at radius 1 is 0.365 bits per heavy atom. The maximum Gasteiger partial charge on any atom is 0.164 e. The van der Waals surface area contributed by atoms with Gasteiger partial charge in [-0.15, -0.1) is 11.3 Å². The Labute approximate surface area is 303 Å². The molecule has 0 atom stereocenters. The normalized spacial score (nSPS) is 13.5. The van der Waals surface area contributed by atoms with Gasteiger partial charge in [-0.3, -0.25) is 0 Å². The van der Waals surface area contributed by atoms with E-state index in [1.165, 1.54) is 75.1 Å². The van der Waals surface area contributed by atoms with Gasteiger partial charge in [0.25, 0.3) is 0 Å². The molecule has 0 amide bonds. The second-order valence-corrected chi connectivity index (χ2v) is 15.0. The molecule has 2 heterocycles. The molecule has 0 saturated heterocycles. The van der Waals surface area contributed by atoms with Crippen molar-refractivity contribution >= 4 is 53.1 Å². The molecule has 240 valence electrons. The van der Waals surface area contributed by atoms with Crippen molar-refractivity contribution in [2.24, 2.45) is 0 Å². The summed E-state index contributed by atoms with van der Waals surface area (Å²) in [6.45, 7) is 0. The second kappa shape index (κ2) is 10.3. The monoisotopic (exact) mass is 677 g/mol. The first-order chi connectivity index (χ1) is 25.8. The van der Waals surface area contributed by atoms with Crippen molar-refractivity contribution in [3.63, 3.8) is 0 Å². The van der Waals surface area contributed by atoms with Gasteiger partial charge in [-0.2, -0.15) is 0 Å². The molecular formula is C48H27N3S. The van der Waals surface area contributed by atoms with Gasteiger partial charge in [0.2, 0.25) is 0 Å². The van der Waals surface area contributed by atoms with Crippen LogP contribution in [0.4, 0.5) is 0 Å². The Hall–Kier alpha value is -6.49. The van der Waals surface area contributed by atoms with Gasteiger partial charge in [-0.05, 0) is 85.3 Å². The summed E-state index contributed by atoms with van der Waals surface area (Å²) in [4.78, 5) is 15.4. The first-order valence-corrected chi connectivity index (χ1v) is 18.5. The second-order valence-electron chi connectivity index (χ2n) is 13.9. The molecule has 0 saturated carbocycles. The van der Waals surface area contributed by atoms with Gasteiger partial charge >= 0.3 is 0 Å². The number of benzene rings is 8. The molecule has 4 heteroatoms. The van der Waals surface area contributed by atoms with Gasteiger partial charge in [0.15, 0.2) is 17.5 Å². The van der Waals surface area contributed by atoms with Crippen molar-refractivity contribution in [3.05, 3.63) is 186 Å². The van der Waals surface area contributed by atoms with Gasteiger partial charge in [0.1, 0.15) is 0 Å². The summed E-state index contributed by atoms with van der Waals surface area (Å²) in [6.07, 6.45) is 0. The van der Waals surface area contributed by atoms with Gasteiger partial charge < -0.3 is 0 Å². The first-order valence-electron chi connectivity index (χ1n) is 17.7. The molecule has 52 heavy (non-hydrogen) atoms. The number of hydrogen-bond acceptors (Lipinski definition) is 4. The van der Waals surface area contributed by atoms with Crippen molar-refractivity contribution in [1.29, 1.82) is 0 Å². The summed E-state index contributed by atoms with van der Waals surface area (Å²) in [6, 6.07) is 59.5. The molecule has 0 bridgehead atoms. The number of aromatic nitrogens is 3. The van der Waals surface area contributed by atoms with E-state index in [2.05, 4.69) is 146 Å². The summed E-state index contributed by atoms with van der Waals surface area (Å²) in [5.41, 5.74) is 10.4. The molecule has 0 N–H and O–H groups in total. The lowest BCUT2D eigenvalue weighted by molar-refractivity contribution is 0.797. The fourth-order valence-electron chi connectivity index (χ4n) is 9.15. The highest BCUT2D eigenvalue weighted by Crippen LogP contribution is 2.62. The third-order valence-electron chi connectivity index (χ3n) is 11.3. The van der Waals surface area contributed by atoms with Gasteiger partial charge in [-0.1, -0.05) is 133 Å². The van der Waals surface area contributed by atoms with Crippen LogP contribution in [0.25, 0.3) is 87.0 Å². The number of rotatable bonds is 3. The first kappa shape index (κ1) is 28.2. The van der Waals surface area contributed by atoms with E-state index in [4.69, 9.17) is 15.0 Å². The summed E-state index contributed by atoms with van der Waals surface area (Å²) < 4.78 is 2.54. The largest absolute Gasteiger partial charge is 0.208 e. The number of thiophene rings is 1. The summed E-state index contributed by atoms with van der Waals surface area (Å²) in [5.74, 6) is 2.00. The van der Waals surface area contributed by atoms with Crippen molar-refractivity contribution in [2.45, 2.75) is 5.41 Å². The Balaban J connectivity index is 1.09. The average molecular weight is 678 g/mol. The lowest BCUT2D eigenvalue weighted by Crippen LogP contribution is -2.26. The molecule has 0 unspecified atom stereocenters. The van der Waals surface area contributed by atoms with Crippen LogP contribution in [-0.2, 0) is 5.41 Å². The van der Waals surface area contributed by atoms with E-state index in [0.717, 1.165) is 16.7 Å². The van der Waals surface area contributed by atoms with Crippen LogP contribution in [-0.4, -0.2) is 15.0 Å². The van der Waals surface area contributed by atoms with E-state index < -0.39 is 5.41 Å². The van der Waals surface area contributed by atoms with Crippen LogP contribution in [0, 0.1) is 0 Å². The zero-order chi connectivity index (χ0) is 34.0. The summed E-state index contributed by atoms with van der Waals surface area (Å²) >= 11 is 1.82. The fourth-order valence-corrected chi connectivity index (χ4v) is 10.2. The minimum absolute atomic E-state index is 0.397. The highest BCUT2D eigenvalue weighted by molar-refractivity contribution is 7.25. The molecule has 2 aliphatic carbocycles. The highest BCUT2D eigenvalue weighted by Gasteiger charge is 2.50. The van der Waals surface area contributed by atoms with Gasteiger partial charge in [0, 0.05) is 36.9 Å². The average Bonchev–Trinajstić information content (AvgIpc) is 3.84. The van der Waals surface area contributed by atoms with E-state index in [1.54, 1.807) is 0 Å². The smallest absolute Gasteiger partial charge is 0.164 e. The van der Waals surface area contributed by atoms with E-state index in [-0.39, 0.29) is 0 Å². The van der Waals surface area contributed by atoms with Crippen LogP contribution in [0.3, 0.4) is 0 Å². The lowest BCUT2D eigenvalue weighted by atomic mass is 9.70. The maximum absolute atomic E-state index is 5.22. The molecule has 10 aromatic rings. The van der Waals surface area contributed by atoms with Gasteiger partial charge in [0.05, 0.1) is 5.41 Å². The molecule has 0 fully saturated rings. The van der Waals surface area contributed by atoms with E-state index in [9.17, 15) is 0 Å². The van der Waals surface area contributed by atoms with Crippen LogP contribution in [0.15, 0.2) is 164 Å². The third-order valence-corrected chi connectivity index (χ3v) is 12.5. The van der Waals surface area contributed by atoms with Crippen molar-refractivity contribution in [2.75, 3.05) is 0 Å². The van der Waals surface area contributed by atoms with Crippen LogP contribution in [0.2, 0.25) is 0 Å². The van der Waals surface area contributed by atoms with E-state index in [0.29, 0.717) is 17.5 Å². The quantitative estimate of drug-likeness (QED) is 0.175. The standard InChI is InChI=1S/C48H27N3S/c1-2-10-30(11-3-1)45-49-46(51-47(50-45)32-23-25-42-36(27-32)34-15-5-7-19-41(34)52-42)31-22-24-38-35(26-31)33-14-4-6-16-37(33)48(38)39-17-8-12-28-20-21-29-13-9-18-40(48)44(29)43(28)39/h1-27H. The van der Waals surface area contributed by atoms with Crippen LogP contribution >= 0.6 is 11.3 Å². The predicted molar refractivity (Wildman–Crippen MR) is 215 cm³/mol. The minimum atomic E-state index is -0.397. The molecule has 1 spiro atoms. The summed E-state index contributed by atoms with van der Waals surface area (Å²) in [7, 11) is 0. The van der Waals surface area contributed by atoms with Crippen LogP contribution in [0.5, 0.6) is 0 Å². The Morgan fingerprint density at radius 3 is 1.71 bits per heavy atom. The SMILES string of the molecule is c1ccc(-c2nc(-c3ccc4c(c3)-c3ccccc3C43c4cccc5ccc6cccc3c6c45)nc(-c3ccc4sc5ccccc5c4c3)n2)cc1. The zero-order valence-electron chi connectivity index (χ0n) is 27.8. The molecule has 3 nitrogen and oxygen atoms in total. The molecule has 0 radical (unpaired) electrons. The highest BCUT2D eigenvalue weighted by atomic mass is 32.1. The van der Waals surface area contributed by atoms with Crippen LogP contribution < -0.4 is 0 Å².